The van der Waals surface area contributed by atoms with Gasteiger partial charge in [0.1, 0.15) is 11.6 Å². The molecule has 0 saturated heterocycles. The maximum atomic E-state index is 13.3. The van der Waals surface area contributed by atoms with E-state index < -0.39 is 0 Å². The largest absolute Gasteiger partial charge is 0.269 e. The van der Waals surface area contributed by atoms with E-state index in [1.165, 1.54) is 6.07 Å². The minimum absolute atomic E-state index is 0.207. The highest BCUT2D eigenvalue weighted by Gasteiger charge is 2.24. The third kappa shape index (κ3) is 2.42. The van der Waals surface area contributed by atoms with Gasteiger partial charge in [0.25, 0.3) is 0 Å². The number of rotatable bonds is 1. The summed E-state index contributed by atoms with van der Waals surface area (Å²) in [5.41, 5.74) is 0.518. The molecule has 2 rings (SSSR count). The molecule has 3 nitrogen and oxygen atoms in total. The molecule has 1 aromatic heterocycles. The van der Waals surface area contributed by atoms with E-state index in [0.717, 1.165) is 11.5 Å². The zero-order valence-corrected chi connectivity index (χ0v) is 12.5. The van der Waals surface area contributed by atoms with Gasteiger partial charge < -0.3 is 0 Å². The van der Waals surface area contributed by atoms with Gasteiger partial charge in [-0.15, -0.1) is 10.2 Å². The summed E-state index contributed by atoms with van der Waals surface area (Å²) in [4.78, 5) is 0. The van der Waals surface area contributed by atoms with Crippen LogP contribution >= 0.6 is 27.5 Å². The van der Waals surface area contributed by atoms with E-state index in [2.05, 4.69) is 26.1 Å². The van der Waals surface area contributed by atoms with Crippen LogP contribution in [0.25, 0.3) is 5.69 Å². The second-order valence-electron chi connectivity index (χ2n) is 4.98. The van der Waals surface area contributed by atoms with Crippen LogP contribution in [0, 0.1) is 5.82 Å². The summed E-state index contributed by atoms with van der Waals surface area (Å²) in [6, 6.07) is 4.67. The number of hydrogen-bond acceptors (Lipinski definition) is 2. The highest BCUT2D eigenvalue weighted by Crippen LogP contribution is 2.28. The van der Waals surface area contributed by atoms with Crippen molar-refractivity contribution in [2.45, 2.75) is 26.2 Å². The Morgan fingerprint density at radius 1 is 1.28 bits per heavy atom. The van der Waals surface area contributed by atoms with Crippen molar-refractivity contribution in [3.8, 4) is 5.69 Å². The summed E-state index contributed by atoms with van der Waals surface area (Å²) in [5, 5.41) is 8.23. The Bertz CT molecular complexity index is 589. The highest BCUT2D eigenvalue weighted by atomic mass is 79.9. The summed E-state index contributed by atoms with van der Waals surface area (Å²) >= 11 is 9.22. The van der Waals surface area contributed by atoms with Crippen molar-refractivity contribution in [3.05, 3.63) is 39.6 Å². The lowest BCUT2D eigenvalue weighted by atomic mass is 9.95. The van der Waals surface area contributed by atoms with Crippen molar-refractivity contribution in [2.75, 3.05) is 0 Å². The van der Waals surface area contributed by atoms with Gasteiger partial charge in [0.05, 0.1) is 10.2 Å². The Morgan fingerprint density at radius 3 is 2.50 bits per heavy atom. The lowest BCUT2D eigenvalue weighted by Crippen LogP contribution is -2.18. The quantitative estimate of drug-likeness (QED) is 0.786. The Morgan fingerprint density at radius 2 is 1.94 bits per heavy atom. The van der Waals surface area contributed by atoms with Crippen LogP contribution in [0.1, 0.15) is 26.6 Å². The van der Waals surface area contributed by atoms with E-state index in [-0.39, 0.29) is 16.5 Å². The monoisotopic (exact) mass is 331 g/mol. The second kappa shape index (κ2) is 4.63. The number of hydrogen-bond donors (Lipinski definition) is 0. The van der Waals surface area contributed by atoms with Gasteiger partial charge in [-0.25, -0.2) is 4.39 Å². The smallest absolute Gasteiger partial charge is 0.229 e. The molecule has 0 fully saturated rings. The first-order valence-corrected chi connectivity index (χ1v) is 6.54. The lowest BCUT2D eigenvalue weighted by Gasteiger charge is -2.19. The molecule has 0 aliphatic rings. The molecular formula is C12H12BrClFN3. The molecule has 0 saturated carbocycles. The van der Waals surface area contributed by atoms with E-state index in [4.69, 9.17) is 11.6 Å². The van der Waals surface area contributed by atoms with E-state index in [1.54, 1.807) is 16.7 Å². The normalized spacial score (nSPS) is 11.9. The molecule has 1 heterocycles. The standard InChI is InChI=1S/C12H12BrClFN3/c1-12(2,3)10-16-17-11(14)18(10)7-4-5-9(15)8(13)6-7/h4-6H,1-3H3. The van der Waals surface area contributed by atoms with Crippen molar-refractivity contribution >= 4 is 27.5 Å². The van der Waals surface area contributed by atoms with Crippen LogP contribution in [0.3, 0.4) is 0 Å². The minimum Gasteiger partial charge on any atom is -0.269 e. The van der Waals surface area contributed by atoms with Gasteiger partial charge >= 0.3 is 0 Å². The van der Waals surface area contributed by atoms with Crippen LogP contribution in [-0.4, -0.2) is 14.8 Å². The molecule has 18 heavy (non-hydrogen) atoms. The fourth-order valence-corrected chi connectivity index (χ4v) is 2.19. The fourth-order valence-electron chi connectivity index (χ4n) is 1.60. The zero-order chi connectivity index (χ0) is 13.5. The van der Waals surface area contributed by atoms with Gasteiger partial charge in [-0.05, 0) is 45.7 Å². The summed E-state index contributed by atoms with van der Waals surface area (Å²) in [7, 11) is 0. The van der Waals surface area contributed by atoms with Crippen LogP contribution < -0.4 is 0 Å². The van der Waals surface area contributed by atoms with Crippen molar-refractivity contribution in [1.29, 1.82) is 0 Å². The number of nitrogens with zero attached hydrogens (tertiary/aromatic N) is 3. The second-order valence-corrected chi connectivity index (χ2v) is 6.17. The average Bonchev–Trinajstić information content (AvgIpc) is 2.64. The van der Waals surface area contributed by atoms with Gasteiger partial charge in [-0.2, -0.15) is 0 Å². The number of benzene rings is 1. The van der Waals surface area contributed by atoms with E-state index in [9.17, 15) is 4.39 Å². The van der Waals surface area contributed by atoms with Crippen LogP contribution in [-0.2, 0) is 5.41 Å². The molecular weight excluding hydrogens is 321 g/mol. The number of aromatic nitrogens is 3. The lowest BCUT2D eigenvalue weighted by molar-refractivity contribution is 0.533. The molecule has 0 unspecified atom stereocenters. The van der Waals surface area contributed by atoms with E-state index in [1.807, 2.05) is 20.8 Å². The van der Waals surface area contributed by atoms with Gasteiger partial charge in [0.2, 0.25) is 5.28 Å². The Labute approximate surface area is 118 Å². The van der Waals surface area contributed by atoms with Gasteiger partial charge in [-0.3, -0.25) is 4.57 Å². The fraction of sp³-hybridized carbons (Fsp3) is 0.333. The first kappa shape index (κ1) is 13.5. The van der Waals surface area contributed by atoms with Crippen LogP contribution in [0.5, 0.6) is 0 Å². The van der Waals surface area contributed by atoms with Crippen LogP contribution in [0.4, 0.5) is 4.39 Å². The van der Waals surface area contributed by atoms with Crippen molar-refractivity contribution in [1.82, 2.24) is 14.8 Å². The predicted molar refractivity (Wildman–Crippen MR) is 72.7 cm³/mol. The Balaban J connectivity index is 2.63. The van der Waals surface area contributed by atoms with Crippen molar-refractivity contribution < 1.29 is 4.39 Å². The Kier molecular flexibility index (Phi) is 3.47. The maximum absolute atomic E-state index is 13.3. The molecule has 96 valence electrons. The molecule has 2 aromatic rings. The third-order valence-corrected chi connectivity index (χ3v) is 3.31. The molecule has 0 amide bonds. The highest BCUT2D eigenvalue weighted by molar-refractivity contribution is 9.10. The zero-order valence-electron chi connectivity index (χ0n) is 10.2. The molecule has 0 spiro atoms. The molecule has 1 aromatic carbocycles. The molecule has 6 heteroatoms. The van der Waals surface area contributed by atoms with Gasteiger partial charge in [-0.1, -0.05) is 20.8 Å². The molecule has 0 atom stereocenters. The Hall–Kier alpha value is -0.940. The molecule has 0 aliphatic heterocycles. The SMILES string of the molecule is CC(C)(C)c1nnc(Cl)n1-c1ccc(F)c(Br)c1. The predicted octanol–water partition coefficient (Wildman–Crippen LogP) is 4.12. The van der Waals surface area contributed by atoms with Gasteiger partial charge in [0, 0.05) is 5.41 Å². The summed E-state index contributed by atoms with van der Waals surface area (Å²) < 4.78 is 15.3. The summed E-state index contributed by atoms with van der Waals surface area (Å²) in [5.74, 6) is 0.409. The van der Waals surface area contributed by atoms with E-state index >= 15 is 0 Å². The molecule has 0 bridgehead atoms. The van der Waals surface area contributed by atoms with Crippen molar-refractivity contribution in [2.24, 2.45) is 0 Å². The summed E-state index contributed by atoms with van der Waals surface area (Å²) in [6.07, 6.45) is 0. The topological polar surface area (TPSA) is 30.7 Å². The maximum Gasteiger partial charge on any atom is 0.229 e. The van der Waals surface area contributed by atoms with Crippen molar-refractivity contribution in [3.63, 3.8) is 0 Å². The third-order valence-electron chi connectivity index (χ3n) is 2.46. The summed E-state index contributed by atoms with van der Waals surface area (Å²) in [6.45, 7) is 6.05. The van der Waals surface area contributed by atoms with Gasteiger partial charge in [0.15, 0.2) is 0 Å². The first-order chi connectivity index (χ1) is 8.30. The average molecular weight is 333 g/mol. The first-order valence-electron chi connectivity index (χ1n) is 5.37. The number of halogens is 3. The van der Waals surface area contributed by atoms with Crippen LogP contribution in [0.2, 0.25) is 5.28 Å². The minimum atomic E-state index is -0.319. The molecule has 0 aliphatic carbocycles. The molecule has 0 N–H and O–H groups in total. The van der Waals surface area contributed by atoms with E-state index in [0.29, 0.717) is 4.47 Å². The molecule has 0 radical (unpaired) electrons. The van der Waals surface area contributed by atoms with Crippen LogP contribution in [0.15, 0.2) is 22.7 Å².